The number of nitrogens with one attached hydrogen (secondary N) is 1. The number of aryl methyl sites for hydroxylation is 1. The molecule has 1 aromatic heterocycles. The molecule has 5 rings (SSSR count). The second-order valence-corrected chi connectivity index (χ2v) is 9.22. The van der Waals surface area contributed by atoms with Crippen LogP contribution >= 0.6 is 0 Å². The molecule has 2 amide bonds. The number of pyridine rings is 1. The monoisotopic (exact) mass is 471 g/mol. The molecular weight excluding hydrogens is 442 g/mol. The van der Waals surface area contributed by atoms with Gasteiger partial charge in [-0.25, -0.2) is 4.79 Å². The van der Waals surface area contributed by atoms with Gasteiger partial charge in [-0.3, -0.25) is 14.6 Å². The number of fused-ring (bicyclic) bond motifs is 2. The summed E-state index contributed by atoms with van der Waals surface area (Å²) in [5.74, 6) is -0.861. The average molecular weight is 472 g/mol. The van der Waals surface area contributed by atoms with Gasteiger partial charge in [0.2, 0.25) is 5.91 Å². The van der Waals surface area contributed by atoms with Crippen LogP contribution in [-0.4, -0.2) is 47.4 Å². The topological polar surface area (TPSA) is 88.6 Å². The highest BCUT2D eigenvalue weighted by Crippen LogP contribution is 2.30. The highest BCUT2D eigenvalue weighted by molar-refractivity contribution is 6.05. The molecular formula is C28H29N3O4. The Morgan fingerprint density at radius 2 is 1.66 bits per heavy atom. The van der Waals surface area contributed by atoms with E-state index < -0.39 is 5.97 Å². The molecule has 1 aliphatic heterocycles. The Morgan fingerprint density at radius 3 is 2.46 bits per heavy atom. The molecule has 7 nitrogen and oxygen atoms in total. The molecule has 35 heavy (non-hydrogen) atoms. The molecule has 0 saturated carbocycles. The Kier molecular flexibility index (Phi) is 6.75. The van der Waals surface area contributed by atoms with Crippen molar-refractivity contribution in [3.8, 4) is 0 Å². The lowest BCUT2D eigenvalue weighted by Gasteiger charge is -2.31. The number of esters is 1. The molecule has 7 heteroatoms. The molecule has 3 aromatic rings. The molecule has 0 atom stereocenters. The van der Waals surface area contributed by atoms with Gasteiger partial charge in [-0.2, -0.15) is 0 Å². The van der Waals surface area contributed by atoms with Crippen LogP contribution in [0, 0.1) is 5.92 Å². The van der Waals surface area contributed by atoms with Gasteiger partial charge in [0.25, 0.3) is 5.91 Å². The standard InChI is InChI=1S/C28H29N3O4/c32-25(31-16-14-19(15-17-31)27(33)29-20-8-2-1-3-9-20)18-35-28(34)26-21-10-4-6-12-23(21)30-24-13-7-5-11-22(24)26/h1-4,6,8-10,12,19H,5,7,11,13-18H2,(H,29,33). The molecule has 0 bridgehead atoms. The van der Waals surface area contributed by atoms with Crippen LogP contribution in [0.1, 0.15) is 47.3 Å². The highest BCUT2D eigenvalue weighted by atomic mass is 16.5. The second-order valence-electron chi connectivity index (χ2n) is 9.22. The number of ether oxygens (including phenoxy) is 1. The first-order valence-corrected chi connectivity index (χ1v) is 12.3. The van der Waals surface area contributed by atoms with Gasteiger partial charge in [0.1, 0.15) is 0 Å². The second kappa shape index (κ2) is 10.3. The van der Waals surface area contributed by atoms with E-state index in [1.54, 1.807) is 4.90 Å². The largest absolute Gasteiger partial charge is 0.452 e. The highest BCUT2D eigenvalue weighted by Gasteiger charge is 2.29. The number of anilines is 1. The van der Waals surface area contributed by atoms with Crippen molar-refractivity contribution in [1.82, 2.24) is 9.88 Å². The fourth-order valence-corrected chi connectivity index (χ4v) is 5.05. The zero-order chi connectivity index (χ0) is 24.2. The minimum absolute atomic E-state index is 0.0240. The Labute approximate surface area is 204 Å². The number of benzene rings is 2. The molecule has 0 spiro atoms. The zero-order valence-corrected chi connectivity index (χ0v) is 19.7. The number of piperidine rings is 1. The third-order valence-corrected chi connectivity index (χ3v) is 6.96. The van der Waals surface area contributed by atoms with Gasteiger partial charge in [0.05, 0.1) is 11.1 Å². The first-order valence-electron chi connectivity index (χ1n) is 12.3. The van der Waals surface area contributed by atoms with E-state index in [-0.39, 0.29) is 24.3 Å². The van der Waals surface area contributed by atoms with E-state index >= 15 is 0 Å². The quantitative estimate of drug-likeness (QED) is 0.565. The van der Waals surface area contributed by atoms with E-state index in [4.69, 9.17) is 9.72 Å². The summed E-state index contributed by atoms with van der Waals surface area (Å²) in [5.41, 5.74) is 4.02. The number of hydrogen-bond donors (Lipinski definition) is 1. The van der Waals surface area contributed by atoms with Crippen LogP contribution in [0.25, 0.3) is 10.9 Å². The SMILES string of the molecule is O=C(OCC(=O)N1CCC(C(=O)Nc2ccccc2)CC1)c1c2c(nc3ccccc13)CCCC2. The number of aromatic nitrogens is 1. The van der Waals surface area contributed by atoms with Gasteiger partial charge >= 0.3 is 5.97 Å². The van der Waals surface area contributed by atoms with Crippen molar-refractivity contribution < 1.29 is 19.1 Å². The van der Waals surface area contributed by atoms with Crippen LogP contribution in [0.3, 0.4) is 0 Å². The number of carbonyl (C=O) groups is 3. The Balaban J connectivity index is 1.19. The lowest BCUT2D eigenvalue weighted by atomic mass is 9.90. The maximum absolute atomic E-state index is 13.2. The number of para-hydroxylation sites is 2. The zero-order valence-electron chi connectivity index (χ0n) is 19.7. The predicted octanol–water partition coefficient (Wildman–Crippen LogP) is 4.15. The first-order chi connectivity index (χ1) is 17.1. The summed E-state index contributed by atoms with van der Waals surface area (Å²) in [7, 11) is 0. The van der Waals surface area contributed by atoms with E-state index in [9.17, 15) is 14.4 Å². The lowest BCUT2D eigenvalue weighted by molar-refractivity contribution is -0.137. The molecule has 1 aliphatic carbocycles. The van der Waals surface area contributed by atoms with Crippen LogP contribution < -0.4 is 5.32 Å². The van der Waals surface area contributed by atoms with Gasteiger partial charge in [-0.15, -0.1) is 0 Å². The summed E-state index contributed by atoms with van der Waals surface area (Å²) in [6, 6.07) is 17.0. The molecule has 1 fully saturated rings. The molecule has 2 aliphatic rings. The number of amides is 2. The minimum Gasteiger partial charge on any atom is -0.452 e. The van der Waals surface area contributed by atoms with Gasteiger partial charge in [0.15, 0.2) is 6.61 Å². The van der Waals surface area contributed by atoms with Crippen LogP contribution in [-0.2, 0) is 27.2 Å². The molecule has 2 aromatic carbocycles. The van der Waals surface area contributed by atoms with E-state index in [0.29, 0.717) is 31.5 Å². The van der Waals surface area contributed by atoms with Gasteiger partial charge in [-0.05, 0) is 62.3 Å². The minimum atomic E-state index is -0.466. The third-order valence-electron chi connectivity index (χ3n) is 6.96. The van der Waals surface area contributed by atoms with E-state index in [1.807, 2.05) is 54.6 Å². The van der Waals surface area contributed by atoms with Crippen molar-refractivity contribution in [1.29, 1.82) is 0 Å². The van der Waals surface area contributed by atoms with Gasteiger partial charge < -0.3 is 15.0 Å². The van der Waals surface area contributed by atoms with Crippen molar-refractivity contribution in [3.63, 3.8) is 0 Å². The molecule has 180 valence electrons. The summed E-state index contributed by atoms with van der Waals surface area (Å²) in [6.07, 6.45) is 4.89. The van der Waals surface area contributed by atoms with Crippen molar-refractivity contribution in [2.45, 2.75) is 38.5 Å². The third kappa shape index (κ3) is 5.04. The van der Waals surface area contributed by atoms with Crippen molar-refractivity contribution in [3.05, 3.63) is 71.4 Å². The number of nitrogens with zero attached hydrogens (tertiary/aromatic N) is 2. The van der Waals surface area contributed by atoms with Crippen LogP contribution in [0.4, 0.5) is 5.69 Å². The molecule has 1 N–H and O–H groups in total. The summed E-state index contributed by atoms with van der Waals surface area (Å²) >= 11 is 0. The summed E-state index contributed by atoms with van der Waals surface area (Å²) < 4.78 is 5.53. The summed E-state index contributed by atoms with van der Waals surface area (Å²) in [4.78, 5) is 44.9. The van der Waals surface area contributed by atoms with Crippen molar-refractivity contribution in [2.24, 2.45) is 5.92 Å². The Hall–Kier alpha value is -3.74. The predicted molar refractivity (Wildman–Crippen MR) is 133 cm³/mol. The maximum atomic E-state index is 13.2. The Morgan fingerprint density at radius 1 is 0.943 bits per heavy atom. The fraction of sp³-hybridized carbons (Fsp3) is 0.357. The van der Waals surface area contributed by atoms with Gasteiger partial charge in [-0.1, -0.05) is 36.4 Å². The summed E-state index contributed by atoms with van der Waals surface area (Å²) in [5, 5.41) is 3.71. The lowest BCUT2D eigenvalue weighted by Crippen LogP contribution is -2.43. The number of carbonyl (C=O) groups excluding carboxylic acids is 3. The normalized spacial score (nSPS) is 15.9. The molecule has 0 radical (unpaired) electrons. The fourth-order valence-electron chi connectivity index (χ4n) is 5.05. The summed E-state index contributed by atoms with van der Waals surface area (Å²) in [6.45, 7) is 0.638. The molecule has 2 heterocycles. The first kappa shape index (κ1) is 23.0. The smallest absolute Gasteiger partial charge is 0.339 e. The maximum Gasteiger partial charge on any atom is 0.339 e. The van der Waals surface area contributed by atoms with Crippen LogP contribution in [0.5, 0.6) is 0 Å². The van der Waals surface area contributed by atoms with Crippen molar-refractivity contribution >= 4 is 34.4 Å². The number of likely N-dealkylation sites (tertiary alicyclic amines) is 1. The van der Waals surface area contributed by atoms with E-state index in [0.717, 1.165) is 53.5 Å². The number of rotatable bonds is 5. The van der Waals surface area contributed by atoms with E-state index in [1.165, 1.54) is 0 Å². The Bertz CT molecular complexity index is 1250. The average Bonchev–Trinajstić information content (AvgIpc) is 2.90. The van der Waals surface area contributed by atoms with Crippen molar-refractivity contribution in [2.75, 3.05) is 25.0 Å². The molecule has 1 saturated heterocycles. The molecule has 0 unspecified atom stereocenters. The van der Waals surface area contributed by atoms with Crippen LogP contribution in [0.15, 0.2) is 54.6 Å². The van der Waals surface area contributed by atoms with E-state index in [2.05, 4.69) is 5.32 Å². The number of hydrogen-bond acceptors (Lipinski definition) is 5. The van der Waals surface area contributed by atoms with Crippen LogP contribution in [0.2, 0.25) is 0 Å². The van der Waals surface area contributed by atoms with Gasteiger partial charge in [0, 0.05) is 35.8 Å².